The van der Waals surface area contributed by atoms with Gasteiger partial charge in [0.2, 0.25) is 5.91 Å². The minimum Gasteiger partial charge on any atom is -0.333 e. The Morgan fingerprint density at radius 2 is 2.04 bits per heavy atom. The number of hydrogen-bond donors (Lipinski definition) is 0. The first kappa shape index (κ1) is 17.3. The van der Waals surface area contributed by atoms with E-state index in [9.17, 15) is 13.2 Å². The lowest BCUT2D eigenvalue weighted by atomic mass is 10.0. The molecule has 0 unspecified atom stereocenters. The second-order valence-corrected chi connectivity index (χ2v) is 9.64. The van der Waals surface area contributed by atoms with Gasteiger partial charge in [-0.05, 0) is 30.4 Å². The molecule has 1 amide bonds. The van der Waals surface area contributed by atoms with Crippen LogP contribution in [0, 0.1) is 12.8 Å². The van der Waals surface area contributed by atoms with Crippen LogP contribution in [0.15, 0.2) is 36.7 Å². The number of sulfone groups is 1. The lowest BCUT2D eigenvalue weighted by Crippen LogP contribution is -2.46. The van der Waals surface area contributed by atoms with Crippen molar-refractivity contribution in [1.82, 2.24) is 14.7 Å². The molecule has 1 aliphatic carbocycles. The van der Waals surface area contributed by atoms with E-state index in [2.05, 4.69) is 24.2 Å². The lowest BCUT2D eigenvalue weighted by Gasteiger charge is -2.35. The summed E-state index contributed by atoms with van der Waals surface area (Å²) in [6, 6.07) is 7.74. The second kappa shape index (κ2) is 6.23. The van der Waals surface area contributed by atoms with Crippen molar-refractivity contribution in [2.75, 3.05) is 18.1 Å². The second-order valence-electron chi connectivity index (χ2n) is 7.41. The molecule has 2 aliphatic rings. The summed E-state index contributed by atoms with van der Waals surface area (Å²) in [4.78, 5) is 14.9. The number of amides is 1. The highest BCUT2D eigenvalue weighted by molar-refractivity contribution is 7.91. The third-order valence-electron chi connectivity index (χ3n) is 5.52. The average Bonchev–Trinajstić information content (AvgIpc) is 3.27. The van der Waals surface area contributed by atoms with Gasteiger partial charge in [-0.25, -0.2) is 8.42 Å². The Labute approximate surface area is 153 Å². The quantitative estimate of drug-likeness (QED) is 0.823. The van der Waals surface area contributed by atoms with Gasteiger partial charge in [0.15, 0.2) is 9.84 Å². The third kappa shape index (κ3) is 3.16. The Hall–Kier alpha value is -2.15. The molecule has 6 nitrogen and oxygen atoms in total. The van der Waals surface area contributed by atoms with Crippen LogP contribution in [0.4, 0.5) is 0 Å². The van der Waals surface area contributed by atoms with E-state index in [-0.39, 0.29) is 35.8 Å². The zero-order valence-corrected chi connectivity index (χ0v) is 15.8. The number of hydrogen-bond acceptors (Lipinski definition) is 4. The molecule has 26 heavy (non-hydrogen) atoms. The Morgan fingerprint density at radius 1 is 1.27 bits per heavy atom. The van der Waals surface area contributed by atoms with Crippen LogP contribution in [0.3, 0.4) is 0 Å². The summed E-state index contributed by atoms with van der Waals surface area (Å²) in [7, 11) is -1.35. The monoisotopic (exact) mass is 373 g/mol. The van der Waals surface area contributed by atoms with E-state index >= 15 is 0 Å². The van der Waals surface area contributed by atoms with Gasteiger partial charge in [0.1, 0.15) is 0 Å². The fraction of sp³-hybridized carbons (Fsp3) is 0.474. The van der Waals surface area contributed by atoms with Crippen LogP contribution in [0.25, 0.3) is 0 Å². The smallest absolute Gasteiger partial charge is 0.226 e. The standard InChI is InChI=1S/C19H23N3O3S/c1-13-5-3-4-6-15(13)16-9-17(16)19(23)22-7-8-26(24,25)12-18(22)14-10-20-21(2)11-14/h3-6,10-11,16-18H,7-9,12H2,1-2H3/t16-,17+,18+/m0/s1. The number of aromatic nitrogens is 2. The van der Waals surface area contributed by atoms with Gasteiger partial charge in [-0.3, -0.25) is 9.48 Å². The molecule has 0 spiro atoms. The first-order chi connectivity index (χ1) is 12.4. The molecule has 1 saturated carbocycles. The van der Waals surface area contributed by atoms with E-state index in [1.807, 2.05) is 12.1 Å². The molecule has 2 heterocycles. The Balaban J connectivity index is 1.57. The first-order valence-corrected chi connectivity index (χ1v) is 10.7. The summed E-state index contributed by atoms with van der Waals surface area (Å²) < 4.78 is 26.0. The molecule has 1 aromatic carbocycles. The van der Waals surface area contributed by atoms with Gasteiger partial charge in [-0.1, -0.05) is 24.3 Å². The maximum Gasteiger partial charge on any atom is 0.226 e. The molecular formula is C19H23N3O3S. The van der Waals surface area contributed by atoms with Crippen molar-refractivity contribution < 1.29 is 13.2 Å². The van der Waals surface area contributed by atoms with Crippen LogP contribution in [0.1, 0.15) is 35.1 Å². The molecule has 7 heteroatoms. The van der Waals surface area contributed by atoms with Gasteiger partial charge in [0.05, 0.1) is 23.7 Å². The molecule has 2 fully saturated rings. The predicted octanol–water partition coefficient (Wildman–Crippen LogP) is 1.83. The number of nitrogens with zero attached hydrogens (tertiary/aromatic N) is 3. The highest BCUT2D eigenvalue weighted by atomic mass is 32.2. The van der Waals surface area contributed by atoms with Crippen LogP contribution in [-0.4, -0.2) is 47.1 Å². The highest BCUT2D eigenvalue weighted by Crippen LogP contribution is 2.50. The minimum atomic E-state index is -3.15. The van der Waals surface area contributed by atoms with Crippen molar-refractivity contribution >= 4 is 15.7 Å². The lowest BCUT2D eigenvalue weighted by molar-refractivity contribution is -0.134. The molecule has 0 radical (unpaired) electrons. The van der Waals surface area contributed by atoms with Gasteiger partial charge >= 0.3 is 0 Å². The molecule has 3 atom stereocenters. The van der Waals surface area contributed by atoms with Gasteiger partial charge in [0.25, 0.3) is 0 Å². The molecule has 138 valence electrons. The van der Waals surface area contributed by atoms with Crippen LogP contribution in [0.2, 0.25) is 0 Å². The maximum absolute atomic E-state index is 13.2. The van der Waals surface area contributed by atoms with Crippen molar-refractivity contribution in [1.29, 1.82) is 0 Å². The van der Waals surface area contributed by atoms with E-state index < -0.39 is 15.9 Å². The van der Waals surface area contributed by atoms with Gasteiger partial charge in [-0.2, -0.15) is 5.10 Å². The number of aryl methyl sites for hydroxylation is 2. The van der Waals surface area contributed by atoms with Crippen molar-refractivity contribution in [2.24, 2.45) is 13.0 Å². The van der Waals surface area contributed by atoms with Gasteiger partial charge in [0, 0.05) is 31.3 Å². The molecule has 0 N–H and O–H groups in total. The maximum atomic E-state index is 13.2. The Bertz CT molecular complexity index is 950. The summed E-state index contributed by atoms with van der Waals surface area (Å²) in [5.74, 6) is 0.290. The molecule has 4 rings (SSSR count). The van der Waals surface area contributed by atoms with Crippen LogP contribution in [-0.2, 0) is 21.7 Å². The normalized spacial score (nSPS) is 27.3. The van der Waals surface area contributed by atoms with Crippen LogP contribution in [0.5, 0.6) is 0 Å². The number of benzene rings is 1. The van der Waals surface area contributed by atoms with Crippen LogP contribution < -0.4 is 0 Å². The fourth-order valence-electron chi connectivity index (χ4n) is 3.99. The summed E-state index contributed by atoms with van der Waals surface area (Å²) in [5, 5.41) is 4.15. The van der Waals surface area contributed by atoms with Crippen LogP contribution >= 0.6 is 0 Å². The largest absolute Gasteiger partial charge is 0.333 e. The SMILES string of the molecule is Cc1ccccc1[C@@H]1C[C@H]1C(=O)N1CCS(=O)(=O)C[C@@H]1c1cnn(C)c1. The number of carbonyl (C=O) groups excluding carboxylic acids is 1. The van der Waals surface area contributed by atoms with E-state index in [0.717, 1.165) is 12.0 Å². The summed E-state index contributed by atoms with van der Waals surface area (Å²) >= 11 is 0. The molecule has 0 bridgehead atoms. The number of carbonyl (C=O) groups is 1. The van der Waals surface area contributed by atoms with Crippen molar-refractivity contribution in [3.63, 3.8) is 0 Å². The zero-order chi connectivity index (χ0) is 18.5. The third-order valence-corrected chi connectivity index (χ3v) is 7.15. The summed E-state index contributed by atoms with van der Waals surface area (Å²) in [6.45, 7) is 2.33. The highest BCUT2D eigenvalue weighted by Gasteiger charge is 2.49. The zero-order valence-electron chi connectivity index (χ0n) is 15.0. The minimum absolute atomic E-state index is 0.0216. The van der Waals surface area contributed by atoms with Gasteiger partial charge < -0.3 is 4.90 Å². The van der Waals surface area contributed by atoms with E-state index in [1.165, 1.54) is 11.1 Å². The van der Waals surface area contributed by atoms with Gasteiger partial charge in [-0.15, -0.1) is 0 Å². The average molecular weight is 373 g/mol. The summed E-state index contributed by atoms with van der Waals surface area (Å²) in [6.07, 6.45) is 4.31. The molecule has 1 aromatic heterocycles. The van der Waals surface area contributed by atoms with E-state index in [0.29, 0.717) is 0 Å². The Morgan fingerprint density at radius 3 is 2.73 bits per heavy atom. The predicted molar refractivity (Wildman–Crippen MR) is 98.3 cm³/mol. The van der Waals surface area contributed by atoms with E-state index in [1.54, 1.807) is 29.0 Å². The van der Waals surface area contributed by atoms with Crippen molar-refractivity contribution in [3.05, 3.63) is 53.3 Å². The molecule has 1 saturated heterocycles. The first-order valence-electron chi connectivity index (χ1n) is 8.91. The van der Waals surface area contributed by atoms with Crippen molar-refractivity contribution in [3.8, 4) is 0 Å². The topological polar surface area (TPSA) is 72.3 Å². The van der Waals surface area contributed by atoms with E-state index in [4.69, 9.17) is 0 Å². The van der Waals surface area contributed by atoms with Crippen molar-refractivity contribution in [2.45, 2.75) is 25.3 Å². The summed E-state index contributed by atoms with van der Waals surface area (Å²) in [5.41, 5.74) is 3.23. The Kier molecular flexibility index (Phi) is 4.14. The molecule has 2 aromatic rings. The molecule has 1 aliphatic heterocycles. The molecular weight excluding hydrogens is 350 g/mol. The fourth-order valence-corrected chi connectivity index (χ4v) is 5.48. The number of rotatable bonds is 3.